The van der Waals surface area contributed by atoms with Gasteiger partial charge >= 0.3 is 0 Å². The number of sulfonamides is 1. The molecule has 1 aliphatic heterocycles. The number of rotatable bonds is 5. The third-order valence-corrected chi connectivity index (χ3v) is 6.23. The molecule has 0 aromatic heterocycles. The molecule has 2 fully saturated rings. The molecule has 0 radical (unpaired) electrons. The molecule has 122 valence electrons. The topological polar surface area (TPSA) is 64.6 Å². The van der Waals surface area contributed by atoms with Crippen LogP contribution in [0.15, 0.2) is 23.1 Å². The monoisotopic (exact) mass is 325 g/mol. The van der Waals surface area contributed by atoms with Crippen LogP contribution in [0.2, 0.25) is 0 Å². The van der Waals surface area contributed by atoms with Gasteiger partial charge in [0.2, 0.25) is 10.0 Å². The maximum absolute atomic E-state index is 12.7. The van der Waals surface area contributed by atoms with Crippen LogP contribution in [0.1, 0.15) is 38.2 Å². The average Bonchev–Trinajstić information content (AvgIpc) is 2.85. The van der Waals surface area contributed by atoms with Crippen LogP contribution in [-0.4, -0.2) is 34.3 Å². The van der Waals surface area contributed by atoms with Crippen molar-refractivity contribution in [2.45, 2.75) is 49.6 Å². The molecule has 3 atom stereocenters. The van der Waals surface area contributed by atoms with Crippen LogP contribution in [0.5, 0.6) is 5.75 Å². The van der Waals surface area contributed by atoms with Gasteiger partial charge in [-0.25, -0.2) is 13.1 Å². The second-order valence-corrected chi connectivity index (χ2v) is 8.07. The Morgan fingerprint density at radius 1 is 1.36 bits per heavy atom. The van der Waals surface area contributed by atoms with Crippen LogP contribution < -0.4 is 9.46 Å². The van der Waals surface area contributed by atoms with Gasteiger partial charge in [0.1, 0.15) is 10.6 Å². The molecule has 0 amide bonds. The van der Waals surface area contributed by atoms with Crippen LogP contribution >= 0.6 is 0 Å². The number of hydrogen-bond acceptors (Lipinski definition) is 4. The minimum atomic E-state index is -3.59. The highest BCUT2D eigenvalue weighted by Gasteiger charge is 2.47. The molecule has 5 nitrogen and oxygen atoms in total. The second kappa shape index (κ2) is 5.83. The van der Waals surface area contributed by atoms with E-state index >= 15 is 0 Å². The van der Waals surface area contributed by atoms with Gasteiger partial charge in [0.05, 0.1) is 13.2 Å². The van der Waals surface area contributed by atoms with Crippen LogP contribution in [0.4, 0.5) is 0 Å². The molecule has 22 heavy (non-hydrogen) atoms. The van der Waals surface area contributed by atoms with Crippen LogP contribution in [-0.2, 0) is 14.8 Å². The van der Waals surface area contributed by atoms with Gasteiger partial charge in [-0.05, 0) is 36.5 Å². The highest BCUT2D eigenvalue weighted by molar-refractivity contribution is 7.89. The van der Waals surface area contributed by atoms with Gasteiger partial charge in [0.25, 0.3) is 0 Å². The summed E-state index contributed by atoms with van der Waals surface area (Å²) in [6.45, 7) is 4.82. The third-order valence-electron chi connectivity index (χ3n) is 4.71. The standard InChI is InChI=1S/C16H23NO4S/c1-10(2)11-4-5-14(20-3)16(8-11)22(18,19)17-13-9-15-12(13)6-7-21-15/h4-5,8,10,12-13,15,17H,6-7,9H2,1-3H3/t12-,13-,15+/m1/s1. The lowest BCUT2D eigenvalue weighted by Gasteiger charge is -2.39. The Morgan fingerprint density at radius 2 is 2.14 bits per heavy atom. The first-order valence-corrected chi connectivity index (χ1v) is 9.22. The Labute approximate surface area is 132 Å². The summed E-state index contributed by atoms with van der Waals surface area (Å²) < 4.78 is 39.1. The summed E-state index contributed by atoms with van der Waals surface area (Å²) in [6.07, 6.45) is 1.92. The molecule has 1 saturated carbocycles. The fourth-order valence-corrected chi connectivity index (χ4v) is 4.76. The van der Waals surface area contributed by atoms with Gasteiger partial charge in [0.15, 0.2) is 0 Å². The summed E-state index contributed by atoms with van der Waals surface area (Å²) in [5.41, 5.74) is 0.983. The van der Waals surface area contributed by atoms with Crippen molar-refractivity contribution in [3.63, 3.8) is 0 Å². The van der Waals surface area contributed by atoms with Crippen molar-refractivity contribution in [1.29, 1.82) is 0 Å². The maximum Gasteiger partial charge on any atom is 0.244 e. The first-order valence-electron chi connectivity index (χ1n) is 7.74. The summed E-state index contributed by atoms with van der Waals surface area (Å²) in [5, 5.41) is 0. The van der Waals surface area contributed by atoms with E-state index in [4.69, 9.17) is 9.47 Å². The second-order valence-electron chi connectivity index (χ2n) is 6.39. The van der Waals surface area contributed by atoms with E-state index in [0.29, 0.717) is 11.7 Å². The summed E-state index contributed by atoms with van der Waals surface area (Å²) in [7, 11) is -2.09. The van der Waals surface area contributed by atoms with E-state index in [-0.39, 0.29) is 23.0 Å². The largest absolute Gasteiger partial charge is 0.495 e. The number of methoxy groups -OCH3 is 1. The molecule has 1 saturated heterocycles. The fourth-order valence-electron chi connectivity index (χ4n) is 3.26. The molecule has 2 aliphatic rings. The lowest BCUT2D eigenvalue weighted by atomic mass is 9.77. The first-order chi connectivity index (χ1) is 10.4. The Balaban J connectivity index is 1.86. The van der Waals surface area contributed by atoms with Crippen LogP contribution in [0.25, 0.3) is 0 Å². The van der Waals surface area contributed by atoms with Crippen molar-refractivity contribution in [1.82, 2.24) is 4.72 Å². The van der Waals surface area contributed by atoms with Crippen molar-refractivity contribution >= 4 is 10.0 Å². The molecule has 1 heterocycles. The number of hydrogen-bond donors (Lipinski definition) is 1. The zero-order chi connectivity index (χ0) is 15.9. The normalized spacial score (nSPS) is 27.5. The van der Waals surface area contributed by atoms with Gasteiger partial charge in [-0.1, -0.05) is 19.9 Å². The lowest BCUT2D eigenvalue weighted by Crippen LogP contribution is -2.53. The van der Waals surface area contributed by atoms with Crippen LogP contribution in [0.3, 0.4) is 0 Å². The summed E-state index contributed by atoms with van der Waals surface area (Å²) >= 11 is 0. The maximum atomic E-state index is 12.7. The molecule has 0 spiro atoms. The number of fused-ring (bicyclic) bond motifs is 1. The highest BCUT2D eigenvalue weighted by atomic mass is 32.2. The number of nitrogens with one attached hydrogen (secondary N) is 1. The van der Waals surface area contributed by atoms with Gasteiger partial charge < -0.3 is 9.47 Å². The van der Waals surface area contributed by atoms with E-state index in [2.05, 4.69) is 4.72 Å². The number of benzene rings is 1. The van der Waals surface area contributed by atoms with Crippen molar-refractivity contribution in [2.24, 2.45) is 5.92 Å². The SMILES string of the molecule is COc1ccc(C(C)C)cc1S(=O)(=O)N[C@@H]1C[C@@H]2OCC[C@@H]21. The fraction of sp³-hybridized carbons (Fsp3) is 0.625. The first kappa shape index (κ1) is 15.8. The van der Waals surface area contributed by atoms with Gasteiger partial charge in [-0.3, -0.25) is 0 Å². The van der Waals surface area contributed by atoms with Crippen molar-refractivity contribution in [2.75, 3.05) is 13.7 Å². The van der Waals surface area contributed by atoms with E-state index in [1.165, 1.54) is 7.11 Å². The lowest BCUT2D eigenvalue weighted by molar-refractivity contribution is 0.0143. The quantitative estimate of drug-likeness (QED) is 0.902. The minimum Gasteiger partial charge on any atom is -0.495 e. The van der Waals surface area contributed by atoms with Gasteiger partial charge in [-0.2, -0.15) is 0 Å². The summed E-state index contributed by atoms with van der Waals surface area (Å²) in [5.74, 6) is 0.959. The van der Waals surface area contributed by atoms with Gasteiger partial charge in [0, 0.05) is 18.6 Å². The molecule has 1 aliphatic carbocycles. The van der Waals surface area contributed by atoms with Crippen molar-refractivity contribution in [3.8, 4) is 5.75 Å². The predicted molar refractivity (Wildman–Crippen MR) is 83.7 cm³/mol. The molecule has 1 aromatic carbocycles. The summed E-state index contributed by atoms with van der Waals surface area (Å²) in [4.78, 5) is 0.226. The Kier molecular flexibility index (Phi) is 4.18. The molecule has 3 rings (SSSR count). The van der Waals surface area contributed by atoms with Crippen molar-refractivity contribution in [3.05, 3.63) is 23.8 Å². The molecular weight excluding hydrogens is 302 g/mol. The molecular formula is C16H23NO4S. The van der Waals surface area contributed by atoms with Crippen LogP contribution in [0, 0.1) is 5.92 Å². The average molecular weight is 325 g/mol. The Morgan fingerprint density at radius 3 is 2.77 bits per heavy atom. The van der Waals surface area contributed by atoms with E-state index < -0.39 is 10.0 Å². The molecule has 0 bridgehead atoms. The zero-order valence-corrected chi connectivity index (χ0v) is 14.0. The van der Waals surface area contributed by atoms with E-state index in [9.17, 15) is 8.42 Å². The number of ether oxygens (including phenoxy) is 2. The molecule has 6 heteroatoms. The molecule has 1 N–H and O–H groups in total. The summed E-state index contributed by atoms with van der Waals surface area (Å²) in [6, 6.07) is 5.33. The van der Waals surface area contributed by atoms with Gasteiger partial charge in [-0.15, -0.1) is 0 Å². The smallest absolute Gasteiger partial charge is 0.244 e. The van der Waals surface area contributed by atoms with Crippen molar-refractivity contribution < 1.29 is 17.9 Å². The molecule has 1 aromatic rings. The van der Waals surface area contributed by atoms with E-state index in [1.807, 2.05) is 19.9 Å². The zero-order valence-electron chi connectivity index (χ0n) is 13.2. The Bertz CT molecular complexity index is 656. The third kappa shape index (κ3) is 2.75. The van der Waals surface area contributed by atoms with E-state index in [1.54, 1.807) is 12.1 Å². The van der Waals surface area contributed by atoms with E-state index in [0.717, 1.165) is 25.0 Å². The molecule has 0 unspecified atom stereocenters. The predicted octanol–water partition coefficient (Wildman–Crippen LogP) is 2.27. The Hall–Kier alpha value is -1.11. The minimum absolute atomic E-state index is 0.0232. The highest BCUT2D eigenvalue weighted by Crippen LogP contribution is 2.39.